The lowest BCUT2D eigenvalue weighted by Crippen LogP contribution is -2.10. The fourth-order valence-corrected chi connectivity index (χ4v) is 4.44. The van der Waals surface area contributed by atoms with E-state index >= 15 is 0 Å². The van der Waals surface area contributed by atoms with Gasteiger partial charge < -0.3 is 4.90 Å². The van der Waals surface area contributed by atoms with Crippen molar-refractivity contribution in [2.45, 2.75) is 13.8 Å². The quantitative estimate of drug-likeness (QED) is 0.190. The van der Waals surface area contributed by atoms with Gasteiger partial charge in [0.2, 0.25) is 5.13 Å². The third kappa shape index (κ3) is 5.48. The van der Waals surface area contributed by atoms with Crippen LogP contribution < -0.4 is 10.3 Å². The molecule has 1 heterocycles. The maximum Gasteiger partial charge on any atom is 0.203 e. The van der Waals surface area contributed by atoms with E-state index in [9.17, 15) is 0 Å². The topological polar surface area (TPSA) is 40.5 Å². The molecular weight excluding hydrogens is 448 g/mol. The van der Waals surface area contributed by atoms with Crippen molar-refractivity contribution in [3.63, 3.8) is 0 Å². The lowest BCUT2D eigenvalue weighted by atomic mass is 10.1. The zero-order valence-corrected chi connectivity index (χ0v) is 20.5. The Labute approximate surface area is 210 Å². The molecule has 0 unspecified atom stereocenters. The molecule has 5 aromatic rings. The van der Waals surface area contributed by atoms with Gasteiger partial charge in [0.1, 0.15) is 0 Å². The van der Waals surface area contributed by atoms with Crippen LogP contribution in [0.3, 0.4) is 0 Å². The van der Waals surface area contributed by atoms with Gasteiger partial charge in [0.25, 0.3) is 0 Å². The first-order valence-electron chi connectivity index (χ1n) is 11.5. The molecule has 0 bridgehead atoms. The van der Waals surface area contributed by atoms with Crippen LogP contribution in [0.4, 0.5) is 22.2 Å². The van der Waals surface area contributed by atoms with Crippen LogP contribution in [0, 0.1) is 13.8 Å². The van der Waals surface area contributed by atoms with Crippen LogP contribution in [-0.2, 0) is 0 Å². The molecule has 0 atom stereocenters. The lowest BCUT2D eigenvalue weighted by Gasteiger charge is -2.25. The second kappa shape index (κ2) is 10.4. The third-order valence-electron chi connectivity index (χ3n) is 5.68. The second-order valence-corrected chi connectivity index (χ2v) is 9.23. The van der Waals surface area contributed by atoms with E-state index in [1.54, 1.807) is 11.3 Å². The lowest BCUT2D eigenvalue weighted by molar-refractivity contribution is 1.26. The van der Waals surface area contributed by atoms with E-state index in [1.807, 2.05) is 29.8 Å². The average molecular weight is 475 g/mol. The molecule has 5 heteroatoms. The molecule has 0 aliphatic heterocycles. The molecule has 35 heavy (non-hydrogen) atoms. The van der Waals surface area contributed by atoms with Crippen molar-refractivity contribution in [3.05, 3.63) is 125 Å². The molecule has 5 rings (SSSR count). The Hall–Kier alpha value is -4.22. The Morgan fingerprint density at radius 1 is 0.714 bits per heavy atom. The number of aryl methyl sites for hydroxylation is 2. The summed E-state index contributed by atoms with van der Waals surface area (Å²) in [6, 6.07) is 35.8. The summed E-state index contributed by atoms with van der Waals surface area (Å²) in [5.41, 5.74) is 11.9. The highest BCUT2D eigenvalue weighted by Crippen LogP contribution is 2.34. The van der Waals surface area contributed by atoms with Gasteiger partial charge in [0.15, 0.2) is 0 Å². The van der Waals surface area contributed by atoms with E-state index in [0.717, 1.165) is 39.0 Å². The van der Waals surface area contributed by atoms with Crippen LogP contribution in [0.1, 0.15) is 16.7 Å². The Kier molecular flexibility index (Phi) is 6.68. The number of nitrogens with zero attached hydrogens (tertiary/aromatic N) is 3. The van der Waals surface area contributed by atoms with Gasteiger partial charge in [-0.15, -0.1) is 11.3 Å². The maximum atomic E-state index is 4.62. The van der Waals surface area contributed by atoms with Gasteiger partial charge >= 0.3 is 0 Å². The number of rotatable bonds is 7. The van der Waals surface area contributed by atoms with Crippen molar-refractivity contribution in [2.75, 3.05) is 10.3 Å². The zero-order valence-electron chi connectivity index (χ0n) is 19.7. The van der Waals surface area contributed by atoms with Crippen LogP contribution in [0.2, 0.25) is 0 Å². The fraction of sp³-hybridized carbons (Fsp3) is 0.0667. The molecule has 0 saturated carbocycles. The van der Waals surface area contributed by atoms with Gasteiger partial charge in [-0.05, 0) is 55.8 Å². The molecule has 4 nitrogen and oxygen atoms in total. The highest BCUT2D eigenvalue weighted by atomic mass is 32.1. The second-order valence-electron chi connectivity index (χ2n) is 8.37. The first-order valence-corrected chi connectivity index (χ1v) is 12.4. The van der Waals surface area contributed by atoms with E-state index in [2.05, 4.69) is 119 Å². The molecule has 4 aromatic carbocycles. The smallest absolute Gasteiger partial charge is 0.203 e. The van der Waals surface area contributed by atoms with E-state index in [-0.39, 0.29) is 0 Å². The summed E-state index contributed by atoms with van der Waals surface area (Å²) < 4.78 is 0. The Morgan fingerprint density at radius 2 is 1.26 bits per heavy atom. The van der Waals surface area contributed by atoms with Crippen molar-refractivity contribution in [2.24, 2.45) is 5.10 Å². The van der Waals surface area contributed by atoms with Gasteiger partial charge in [0.05, 0.1) is 11.9 Å². The monoisotopic (exact) mass is 474 g/mol. The van der Waals surface area contributed by atoms with Crippen LogP contribution >= 0.6 is 11.3 Å². The van der Waals surface area contributed by atoms with Crippen molar-refractivity contribution in [1.29, 1.82) is 0 Å². The molecule has 0 aliphatic rings. The fourth-order valence-electron chi connectivity index (χ4n) is 3.77. The van der Waals surface area contributed by atoms with Crippen molar-refractivity contribution in [3.8, 4) is 11.3 Å². The van der Waals surface area contributed by atoms with E-state index < -0.39 is 0 Å². The summed E-state index contributed by atoms with van der Waals surface area (Å²) >= 11 is 1.54. The summed E-state index contributed by atoms with van der Waals surface area (Å²) in [5, 5.41) is 7.19. The normalized spacial score (nSPS) is 11.0. The number of nitrogens with one attached hydrogen (secondary N) is 1. The molecule has 0 amide bonds. The number of hydrazone groups is 1. The Balaban J connectivity index is 1.32. The van der Waals surface area contributed by atoms with Crippen LogP contribution in [0.25, 0.3) is 11.3 Å². The SMILES string of the molecule is Cc1ccc(N(c2ccc(C)cc2)c2ccc(C=NNc3nc(-c4ccccc4)cs3)cc2)cc1. The first kappa shape index (κ1) is 22.6. The number of thiazole rings is 1. The van der Waals surface area contributed by atoms with E-state index in [4.69, 9.17) is 0 Å². The predicted octanol–water partition coefficient (Wildman–Crippen LogP) is 8.34. The molecule has 0 radical (unpaired) electrons. The number of hydrogen-bond acceptors (Lipinski definition) is 5. The molecule has 0 aliphatic carbocycles. The maximum absolute atomic E-state index is 4.62. The summed E-state index contributed by atoms with van der Waals surface area (Å²) in [6.45, 7) is 4.21. The Morgan fingerprint density at radius 3 is 1.83 bits per heavy atom. The average Bonchev–Trinajstić information content (AvgIpc) is 3.37. The molecule has 0 fully saturated rings. The molecule has 0 spiro atoms. The zero-order chi connectivity index (χ0) is 24.0. The van der Waals surface area contributed by atoms with Gasteiger partial charge in [-0.2, -0.15) is 5.10 Å². The number of anilines is 4. The minimum Gasteiger partial charge on any atom is -0.311 e. The van der Waals surface area contributed by atoms with Gasteiger partial charge in [-0.25, -0.2) is 4.98 Å². The van der Waals surface area contributed by atoms with Crippen LogP contribution in [0.5, 0.6) is 0 Å². The van der Waals surface area contributed by atoms with Gasteiger partial charge in [-0.3, -0.25) is 5.43 Å². The number of aromatic nitrogens is 1. The molecule has 1 N–H and O–H groups in total. The third-order valence-corrected chi connectivity index (χ3v) is 6.43. The summed E-state index contributed by atoms with van der Waals surface area (Å²) in [4.78, 5) is 6.88. The highest BCUT2D eigenvalue weighted by Gasteiger charge is 2.12. The largest absolute Gasteiger partial charge is 0.311 e. The van der Waals surface area contributed by atoms with Crippen LogP contribution in [-0.4, -0.2) is 11.2 Å². The minimum atomic E-state index is 0.765. The summed E-state index contributed by atoms with van der Waals surface area (Å²) in [6.07, 6.45) is 1.81. The van der Waals surface area contributed by atoms with Crippen molar-refractivity contribution < 1.29 is 0 Å². The van der Waals surface area contributed by atoms with Gasteiger partial charge in [-0.1, -0.05) is 77.9 Å². The Bertz CT molecular complexity index is 1360. The number of benzene rings is 4. The molecular formula is C30H26N4S. The van der Waals surface area contributed by atoms with Crippen molar-refractivity contribution >= 4 is 39.7 Å². The summed E-state index contributed by atoms with van der Waals surface area (Å²) in [5.74, 6) is 0. The molecule has 0 saturated heterocycles. The molecule has 1 aromatic heterocycles. The molecule has 172 valence electrons. The van der Waals surface area contributed by atoms with Crippen molar-refractivity contribution in [1.82, 2.24) is 4.98 Å². The van der Waals surface area contributed by atoms with E-state index in [0.29, 0.717) is 0 Å². The number of hydrogen-bond donors (Lipinski definition) is 1. The van der Waals surface area contributed by atoms with Crippen LogP contribution in [0.15, 0.2) is 114 Å². The predicted molar refractivity (Wildman–Crippen MR) is 149 cm³/mol. The standard InChI is InChI=1S/C30H26N4S/c1-22-8-14-26(15-9-22)34(27-16-10-23(2)11-17-27)28-18-12-24(13-19-28)20-31-33-30-32-29(21-35-30)25-6-4-3-5-7-25/h3-21H,1-2H3,(H,32,33). The van der Waals surface area contributed by atoms with E-state index in [1.165, 1.54) is 11.1 Å². The summed E-state index contributed by atoms with van der Waals surface area (Å²) in [7, 11) is 0. The highest BCUT2D eigenvalue weighted by molar-refractivity contribution is 7.14. The minimum absolute atomic E-state index is 0.765. The first-order chi connectivity index (χ1) is 17.2. The van der Waals surface area contributed by atoms with Gasteiger partial charge in [0, 0.05) is 28.0 Å².